The van der Waals surface area contributed by atoms with Crippen LogP contribution in [0.3, 0.4) is 0 Å². The van der Waals surface area contributed by atoms with Crippen molar-refractivity contribution in [3.63, 3.8) is 0 Å². The van der Waals surface area contributed by atoms with Gasteiger partial charge in [0, 0.05) is 11.4 Å². The highest BCUT2D eigenvalue weighted by Gasteiger charge is 2.37. The second-order valence-corrected chi connectivity index (χ2v) is 8.09. The summed E-state index contributed by atoms with van der Waals surface area (Å²) in [4.78, 5) is 12.2. The van der Waals surface area contributed by atoms with Crippen LogP contribution in [0.15, 0.2) is 16.3 Å². The first-order valence-electron chi connectivity index (χ1n) is 6.24. The molecule has 1 aliphatic heterocycles. The van der Waals surface area contributed by atoms with Crippen LogP contribution in [0.4, 0.5) is 0 Å². The number of carboxylic acid groups (broad SMARTS) is 1. The molecule has 106 valence electrons. The molecular weight excluding hydrogens is 286 g/mol. The van der Waals surface area contributed by atoms with Crippen LogP contribution in [0.25, 0.3) is 0 Å². The fraction of sp³-hybridized carbons (Fsp3) is 0.583. The number of hydrogen-bond acceptors (Lipinski definition) is 4. The predicted molar refractivity (Wildman–Crippen MR) is 72.8 cm³/mol. The van der Waals surface area contributed by atoms with E-state index in [1.807, 2.05) is 6.92 Å². The van der Waals surface area contributed by atoms with Crippen molar-refractivity contribution in [1.29, 1.82) is 0 Å². The fourth-order valence-electron chi connectivity index (χ4n) is 2.28. The molecule has 1 aromatic heterocycles. The number of thiophene rings is 1. The molecule has 5 nitrogen and oxygen atoms in total. The van der Waals surface area contributed by atoms with Crippen LogP contribution >= 0.6 is 11.3 Å². The molecule has 0 saturated carbocycles. The third-order valence-corrected chi connectivity index (χ3v) is 6.64. The smallest absolute Gasteiger partial charge is 0.322 e. The number of rotatable bonds is 3. The molecule has 1 atom stereocenters. The monoisotopic (exact) mass is 303 g/mol. The normalized spacial score (nSPS) is 22.1. The molecule has 0 radical (unpaired) electrons. The van der Waals surface area contributed by atoms with Gasteiger partial charge in [0.15, 0.2) is 0 Å². The summed E-state index contributed by atoms with van der Waals surface area (Å²) in [6, 6.07) is 2.36. The molecule has 2 heterocycles. The number of carbonyl (C=O) groups is 1. The molecule has 2 rings (SSSR count). The highest BCUT2D eigenvalue weighted by molar-refractivity contribution is 7.91. The van der Waals surface area contributed by atoms with Gasteiger partial charge >= 0.3 is 5.97 Å². The lowest BCUT2D eigenvalue weighted by Gasteiger charge is -2.25. The third-order valence-electron chi connectivity index (χ3n) is 3.27. The van der Waals surface area contributed by atoms with Gasteiger partial charge in [-0.15, -0.1) is 11.3 Å². The van der Waals surface area contributed by atoms with Crippen LogP contribution in [-0.2, 0) is 14.8 Å². The molecule has 0 bridgehead atoms. The Balaban J connectivity index is 2.38. The summed E-state index contributed by atoms with van der Waals surface area (Å²) in [5, 5.41) is 9.25. The Morgan fingerprint density at radius 2 is 2.11 bits per heavy atom. The Hall–Kier alpha value is -0.920. The Morgan fingerprint density at radius 1 is 1.37 bits per heavy atom. The lowest BCUT2D eigenvalue weighted by Crippen LogP contribution is -2.44. The van der Waals surface area contributed by atoms with Crippen LogP contribution in [0.2, 0.25) is 0 Å². The second kappa shape index (κ2) is 5.60. The molecule has 1 aliphatic rings. The van der Waals surface area contributed by atoms with E-state index in [2.05, 4.69) is 0 Å². The lowest BCUT2D eigenvalue weighted by atomic mass is 10.1. The Labute approximate surface area is 116 Å². The van der Waals surface area contributed by atoms with Crippen LogP contribution in [-0.4, -0.2) is 36.4 Å². The van der Waals surface area contributed by atoms with E-state index in [4.69, 9.17) is 0 Å². The highest BCUT2D eigenvalue weighted by atomic mass is 32.2. The van der Waals surface area contributed by atoms with Gasteiger partial charge in [0.1, 0.15) is 10.3 Å². The van der Waals surface area contributed by atoms with Gasteiger partial charge in [0.05, 0.1) is 0 Å². The lowest BCUT2D eigenvalue weighted by molar-refractivity contribution is -0.141. The standard InChI is InChI=1S/C12H17NO4S2/c1-9-6-7-11(18-9)19(16,17)13-8-4-2-3-5-10(13)12(14)15/h6-7,10H,2-5,8H2,1H3,(H,14,15). The van der Waals surface area contributed by atoms with Crippen molar-refractivity contribution >= 4 is 27.3 Å². The molecule has 1 N–H and O–H groups in total. The van der Waals surface area contributed by atoms with E-state index in [0.717, 1.165) is 22.0 Å². The van der Waals surface area contributed by atoms with Crippen molar-refractivity contribution in [1.82, 2.24) is 4.31 Å². The Morgan fingerprint density at radius 3 is 2.68 bits per heavy atom. The van der Waals surface area contributed by atoms with Crippen molar-refractivity contribution in [3.05, 3.63) is 17.0 Å². The van der Waals surface area contributed by atoms with Gasteiger partial charge in [0.2, 0.25) is 0 Å². The van der Waals surface area contributed by atoms with Crippen LogP contribution in [0.5, 0.6) is 0 Å². The maximum atomic E-state index is 12.5. The van der Waals surface area contributed by atoms with E-state index >= 15 is 0 Å². The van der Waals surface area contributed by atoms with E-state index in [9.17, 15) is 18.3 Å². The molecule has 0 spiro atoms. The summed E-state index contributed by atoms with van der Waals surface area (Å²) in [6.45, 7) is 2.12. The van der Waals surface area contributed by atoms with Crippen molar-refractivity contribution in [2.45, 2.75) is 42.9 Å². The first-order valence-corrected chi connectivity index (χ1v) is 8.49. The number of sulfonamides is 1. The topological polar surface area (TPSA) is 74.7 Å². The molecule has 1 unspecified atom stereocenters. The predicted octanol–water partition coefficient (Wildman–Crippen LogP) is 2.07. The summed E-state index contributed by atoms with van der Waals surface area (Å²) in [5.41, 5.74) is 0. The second-order valence-electron chi connectivity index (χ2n) is 4.68. The summed E-state index contributed by atoms with van der Waals surface area (Å²) < 4.78 is 26.5. The fourth-order valence-corrected chi connectivity index (χ4v) is 5.35. The molecule has 0 aromatic carbocycles. The van der Waals surface area contributed by atoms with E-state index in [0.29, 0.717) is 12.8 Å². The van der Waals surface area contributed by atoms with E-state index in [1.165, 1.54) is 11.3 Å². The Bertz CT molecular complexity index is 564. The molecule has 19 heavy (non-hydrogen) atoms. The minimum absolute atomic E-state index is 0.234. The van der Waals surface area contributed by atoms with Crippen LogP contribution in [0, 0.1) is 6.92 Å². The maximum absolute atomic E-state index is 12.5. The zero-order chi connectivity index (χ0) is 14.0. The highest BCUT2D eigenvalue weighted by Crippen LogP contribution is 2.29. The zero-order valence-electron chi connectivity index (χ0n) is 10.7. The quantitative estimate of drug-likeness (QED) is 0.927. The number of aliphatic carboxylic acids is 1. The van der Waals surface area contributed by atoms with Gasteiger partial charge in [-0.1, -0.05) is 12.8 Å². The summed E-state index contributed by atoms with van der Waals surface area (Å²) >= 11 is 1.19. The van der Waals surface area contributed by atoms with Gasteiger partial charge in [-0.25, -0.2) is 8.42 Å². The van der Waals surface area contributed by atoms with E-state index < -0.39 is 22.0 Å². The van der Waals surface area contributed by atoms with Crippen LogP contribution in [0.1, 0.15) is 30.6 Å². The molecule has 0 amide bonds. The molecule has 1 aromatic rings. The summed E-state index contributed by atoms with van der Waals surface area (Å²) in [7, 11) is -3.69. The number of hydrogen-bond donors (Lipinski definition) is 1. The van der Waals surface area contributed by atoms with E-state index in [-0.39, 0.29) is 10.8 Å². The van der Waals surface area contributed by atoms with Gasteiger partial charge in [-0.3, -0.25) is 4.79 Å². The third kappa shape index (κ3) is 2.98. The van der Waals surface area contributed by atoms with Gasteiger partial charge in [-0.05, 0) is 31.9 Å². The summed E-state index contributed by atoms with van der Waals surface area (Å²) in [6.07, 6.45) is 2.73. The number of carboxylic acids is 1. The van der Waals surface area contributed by atoms with Crippen molar-refractivity contribution in [2.24, 2.45) is 0 Å². The summed E-state index contributed by atoms with van der Waals surface area (Å²) in [5.74, 6) is -1.06. The molecule has 1 saturated heterocycles. The number of aryl methyl sites for hydroxylation is 1. The van der Waals surface area contributed by atoms with Gasteiger partial charge in [-0.2, -0.15) is 4.31 Å². The largest absolute Gasteiger partial charge is 0.480 e. The molecule has 1 fully saturated rings. The van der Waals surface area contributed by atoms with Gasteiger partial charge < -0.3 is 5.11 Å². The maximum Gasteiger partial charge on any atom is 0.322 e. The van der Waals surface area contributed by atoms with Crippen molar-refractivity contribution < 1.29 is 18.3 Å². The first-order chi connectivity index (χ1) is 8.93. The molecular formula is C12H17NO4S2. The SMILES string of the molecule is Cc1ccc(S(=O)(=O)N2CCCCCC2C(=O)O)s1. The van der Waals surface area contributed by atoms with Crippen molar-refractivity contribution in [3.8, 4) is 0 Å². The van der Waals surface area contributed by atoms with Crippen LogP contribution < -0.4 is 0 Å². The minimum Gasteiger partial charge on any atom is -0.480 e. The zero-order valence-corrected chi connectivity index (χ0v) is 12.3. The molecule has 0 aliphatic carbocycles. The average molecular weight is 303 g/mol. The molecule has 7 heteroatoms. The Kier molecular flexibility index (Phi) is 4.27. The van der Waals surface area contributed by atoms with Crippen molar-refractivity contribution in [2.75, 3.05) is 6.54 Å². The first kappa shape index (κ1) is 14.5. The minimum atomic E-state index is -3.69. The van der Waals surface area contributed by atoms with E-state index in [1.54, 1.807) is 12.1 Å². The average Bonchev–Trinajstić information content (AvgIpc) is 2.64. The number of nitrogens with zero attached hydrogens (tertiary/aromatic N) is 1. The van der Waals surface area contributed by atoms with Gasteiger partial charge in [0.25, 0.3) is 10.0 Å².